The first kappa shape index (κ1) is 26.7. The SMILES string of the molecule is Cc1[nH]c(/C=C2\C(=O)Nc3c(NS(C)(=O)=O)cc(F)cc32)c(C(F)(F)F)c1C(=O)NCCN1CCCC1. The van der Waals surface area contributed by atoms with Crippen LogP contribution >= 0.6 is 0 Å². The first-order valence-corrected chi connectivity index (χ1v) is 13.3. The van der Waals surface area contributed by atoms with Gasteiger partial charge in [0.15, 0.2) is 0 Å². The first-order valence-electron chi connectivity index (χ1n) is 11.4. The van der Waals surface area contributed by atoms with Gasteiger partial charge in [0.05, 0.1) is 40.0 Å². The van der Waals surface area contributed by atoms with Gasteiger partial charge in [-0.2, -0.15) is 13.2 Å². The van der Waals surface area contributed by atoms with Gasteiger partial charge in [-0.3, -0.25) is 14.3 Å². The number of hydrogen-bond acceptors (Lipinski definition) is 5. The molecule has 1 fully saturated rings. The molecule has 37 heavy (non-hydrogen) atoms. The quantitative estimate of drug-likeness (QED) is 0.316. The van der Waals surface area contributed by atoms with Crippen molar-refractivity contribution in [2.45, 2.75) is 25.9 Å². The maximum Gasteiger partial charge on any atom is 0.419 e. The summed E-state index contributed by atoms with van der Waals surface area (Å²) in [6.07, 6.45) is -1.18. The maximum atomic E-state index is 14.3. The number of aromatic amines is 1. The van der Waals surface area contributed by atoms with Crippen molar-refractivity contribution in [3.05, 3.63) is 46.0 Å². The second-order valence-electron chi connectivity index (χ2n) is 8.98. The van der Waals surface area contributed by atoms with E-state index in [1.165, 1.54) is 6.92 Å². The molecule has 4 N–H and O–H groups in total. The van der Waals surface area contributed by atoms with E-state index in [2.05, 4.69) is 25.2 Å². The Morgan fingerprint density at radius 3 is 2.51 bits per heavy atom. The number of amides is 2. The van der Waals surface area contributed by atoms with Crippen LogP contribution < -0.4 is 15.4 Å². The Morgan fingerprint density at radius 2 is 1.89 bits per heavy atom. The molecule has 2 aromatic rings. The molecule has 1 aromatic heterocycles. The lowest BCUT2D eigenvalue weighted by Gasteiger charge is -2.15. The highest BCUT2D eigenvalue weighted by molar-refractivity contribution is 7.92. The summed E-state index contributed by atoms with van der Waals surface area (Å²) in [6.45, 7) is 3.73. The summed E-state index contributed by atoms with van der Waals surface area (Å²) in [5.74, 6) is -2.69. The lowest BCUT2D eigenvalue weighted by atomic mass is 10.0. The number of benzene rings is 1. The van der Waals surface area contributed by atoms with Gasteiger partial charge in [-0.1, -0.05) is 0 Å². The highest BCUT2D eigenvalue weighted by Crippen LogP contribution is 2.42. The number of nitrogens with one attached hydrogen (secondary N) is 4. The number of carbonyl (C=O) groups is 2. The van der Waals surface area contributed by atoms with E-state index >= 15 is 0 Å². The molecule has 2 amide bonds. The van der Waals surface area contributed by atoms with Gasteiger partial charge >= 0.3 is 6.18 Å². The fourth-order valence-corrected chi connectivity index (χ4v) is 5.14. The number of nitrogens with zero attached hydrogens (tertiary/aromatic N) is 1. The van der Waals surface area contributed by atoms with E-state index in [1.807, 2.05) is 0 Å². The number of hydrogen-bond donors (Lipinski definition) is 4. The van der Waals surface area contributed by atoms with Gasteiger partial charge < -0.3 is 20.5 Å². The first-order chi connectivity index (χ1) is 17.2. The predicted octanol–water partition coefficient (Wildman–Crippen LogP) is 3.17. The van der Waals surface area contributed by atoms with Crippen LogP contribution in [0.15, 0.2) is 12.1 Å². The van der Waals surface area contributed by atoms with Gasteiger partial charge in [-0.05, 0) is 45.0 Å². The summed E-state index contributed by atoms with van der Waals surface area (Å²) in [4.78, 5) is 30.1. The van der Waals surface area contributed by atoms with Crippen LogP contribution in [0, 0.1) is 12.7 Å². The molecular weight excluding hydrogens is 518 g/mol. The third-order valence-corrected chi connectivity index (χ3v) is 6.69. The molecule has 0 atom stereocenters. The van der Waals surface area contributed by atoms with E-state index in [4.69, 9.17) is 0 Å². The number of carbonyl (C=O) groups excluding carboxylic acids is 2. The molecule has 0 radical (unpaired) electrons. The zero-order chi connectivity index (χ0) is 27.1. The van der Waals surface area contributed by atoms with Crippen molar-refractivity contribution in [2.24, 2.45) is 0 Å². The average molecular weight is 544 g/mol. The van der Waals surface area contributed by atoms with Crippen LogP contribution in [-0.2, 0) is 21.0 Å². The smallest absolute Gasteiger partial charge is 0.358 e. The maximum absolute atomic E-state index is 14.3. The lowest BCUT2D eigenvalue weighted by molar-refractivity contribution is -0.138. The van der Waals surface area contributed by atoms with Crippen molar-refractivity contribution in [3.8, 4) is 0 Å². The molecule has 200 valence electrons. The predicted molar refractivity (Wildman–Crippen MR) is 130 cm³/mol. The molecule has 0 unspecified atom stereocenters. The standard InChI is InChI=1S/C23H25F4N5O4S/c1-12-18(22(34)28-5-8-32-6-3-4-7-32)19(23(25,26)27)16(29-12)11-15-14-9-13(24)10-17(31-37(2,35)36)20(14)30-21(15)33/h9-11,29,31H,3-8H2,1-2H3,(H,28,34)(H,30,33)/b15-11-. The van der Waals surface area contributed by atoms with Crippen molar-refractivity contribution < 1.29 is 35.6 Å². The Morgan fingerprint density at radius 1 is 1.22 bits per heavy atom. The molecule has 1 saturated heterocycles. The zero-order valence-corrected chi connectivity index (χ0v) is 20.8. The summed E-state index contributed by atoms with van der Waals surface area (Å²) in [7, 11) is -3.85. The van der Waals surface area contributed by atoms with Crippen LogP contribution in [0.3, 0.4) is 0 Å². The van der Waals surface area contributed by atoms with Crippen molar-refractivity contribution in [2.75, 3.05) is 42.5 Å². The van der Waals surface area contributed by atoms with E-state index in [1.54, 1.807) is 0 Å². The number of aryl methyl sites for hydroxylation is 1. The molecule has 0 bridgehead atoms. The monoisotopic (exact) mass is 543 g/mol. The second kappa shape index (κ2) is 9.82. The number of likely N-dealkylation sites (tertiary alicyclic amines) is 1. The fraction of sp³-hybridized carbons (Fsp3) is 0.391. The topological polar surface area (TPSA) is 123 Å². The van der Waals surface area contributed by atoms with Crippen LogP contribution in [0.2, 0.25) is 0 Å². The van der Waals surface area contributed by atoms with E-state index < -0.39 is 50.7 Å². The van der Waals surface area contributed by atoms with Crippen molar-refractivity contribution in [3.63, 3.8) is 0 Å². The molecule has 4 rings (SSSR count). The highest BCUT2D eigenvalue weighted by atomic mass is 32.2. The van der Waals surface area contributed by atoms with Gasteiger partial charge in [-0.25, -0.2) is 12.8 Å². The number of alkyl halides is 3. The van der Waals surface area contributed by atoms with Gasteiger partial charge in [0.25, 0.3) is 11.8 Å². The Balaban J connectivity index is 1.72. The second-order valence-corrected chi connectivity index (χ2v) is 10.7. The van der Waals surface area contributed by atoms with Crippen LogP contribution in [0.4, 0.5) is 28.9 Å². The Labute approximate surface area is 210 Å². The number of fused-ring (bicyclic) bond motifs is 1. The van der Waals surface area contributed by atoms with Crippen LogP contribution in [0.25, 0.3) is 11.6 Å². The fourth-order valence-electron chi connectivity index (χ4n) is 4.58. The minimum Gasteiger partial charge on any atom is -0.358 e. The van der Waals surface area contributed by atoms with E-state index in [0.29, 0.717) is 6.54 Å². The van der Waals surface area contributed by atoms with Crippen molar-refractivity contribution in [1.82, 2.24) is 15.2 Å². The number of aromatic nitrogens is 1. The number of halogens is 4. The molecule has 0 aliphatic carbocycles. The summed E-state index contributed by atoms with van der Waals surface area (Å²) in [5.41, 5.74) is -3.32. The Hall–Kier alpha value is -3.39. The molecule has 0 saturated carbocycles. The normalized spacial score (nSPS) is 17.2. The zero-order valence-electron chi connectivity index (χ0n) is 20.0. The van der Waals surface area contributed by atoms with Crippen molar-refractivity contribution in [1.29, 1.82) is 0 Å². The van der Waals surface area contributed by atoms with E-state index in [0.717, 1.165) is 50.4 Å². The Bertz CT molecular complexity index is 1390. The number of anilines is 2. The summed E-state index contributed by atoms with van der Waals surface area (Å²) in [6, 6.07) is 1.75. The van der Waals surface area contributed by atoms with Crippen LogP contribution in [0.1, 0.15) is 45.7 Å². The molecule has 2 aliphatic rings. The summed E-state index contributed by atoms with van der Waals surface area (Å²) >= 11 is 0. The number of H-pyrrole nitrogens is 1. The Kier molecular flexibility index (Phi) is 7.08. The lowest BCUT2D eigenvalue weighted by Crippen LogP contribution is -2.34. The molecule has 0 spiro atoms. The summed E-state index contributed by atoms with van der Waals surface area (Å²) < 4.78 is 82.1. The van der Waals surface area contributed by atoms with Crippen LogP contribution in [-0.4, -0.2) is 62.6 Å². The summed E-state index contributed by atoms with van der Waals surface area (Å²) in [5, 5.41) is 4.90. The van der Waals surface area contributed by atoms with Crippen molar-refractivity contribution >= 4 is 44.9 Å². The van der Waals surface area contributed by atoms with Gasteiger partial charge in [0.1, 0.15) is 5.82 Å². The molecule has 9 nitrogen and oxygen atoms in total. The molecule has 2 aliphatic heterocycles. The van der Waals surface area contributed by atoms with Crippen LogP contribution in [0.5, 0.6) is 0 Å². The minimum atomic E-state index is -4.96. The third-order valence-electron chi connectivity index (χ3n) is 6.10. The third kappa shape index (κ3) is 5.80. The molecule has 14 heteroatoms. The number of rotatable bonds is 7. The molecule has 3 heterocycles. The van der Waals surface area contributed by atoms with E-state index in [-0.39, 0.29) is 34.8 Å². The average Bonchev–Trinajstić information content (AvgIpc) is 3.46. The van der Waals surface area contributed by atoms with Gasteiger partial charge in [0.2, 0.25) is 10.0 Å². The van der Waals surface area contributed by atoms with Gasteiger partial charge in [-0.15, -0.1) is 0 Å². The minimum absolute atomic E-state index is 0.0600. The largest absolute Gasteiger partial charge is 0.419 e. The number of sulfonamides is 1. The highest BCUT2D eigenvalue weighted by Gasteiger charge is 2.41. The van der Waals surface area contributed by atoms with E-state index in [9.17, 15) is 35.6 Å². The van der Waals surface area contributed by atoms with Gasteiger partial charge in [0, 0.05) is 30.4 Å². The molecular formula is C23H25F4N5O4S. The molecule has 1 aromatic carbocycles.